The van der Waals surface area contributed by atoms with Crippen molar-refractivity contribution in [2.45, 2.75) is 39.3 Å². The summed E-state index contributed by atoms with van der Waals surface area (Å²) in [6.07, 6.45) is 12.0. The second kappa shape index (κ2) is 10.1. The molecule has 2 aromatic heterocycles. The molecule has 170 valence electrons. The lowest BCUT2D eigenvalue weighted by Crippen LogP contribution is -2.30. The van der Waals surface area contributed by atoms with E-state index in [-0.39, 0.29) is 0 Å². The molecule has 1 N–H and O–H groups in total. The van der Waals surface area contributed by atoms with Crippen LogP contribution in [0.1, 0.15) is 36.5 Å². The van der Waals surface area contributed by atoms with Crippen molar-refractivity contribution >= 4 is 16.5 Å². The van der Waals surface area contributed by atoms with Gasteiger partial charge in [-0.15, -0.1) is 0 Å². The van der Waals surface area contributed by atoms with E-state index in [2.05, 4.69) is 69.3 Å². The van der Waals surface area contributed by atoms with E-state index in [1.54, 1.807) is 0 Å². The van der Waals surface area contributed by atoms with Crippen LogP contribution in [0.2, 0.25) is 0 Å². The first-order valence-electron chi connectivity index (χ1n) is 12.0. The van der Waals surface area contributed by atoms with Gasteiger partial charge in [0, 0.05) is 55.0 Å². The molecule has 0 spiro atoms. The van der Waals surface area contributed by atoms with Gasteiger partial charge in [0.05, 0.1) is 6.20 Å². The SMILES string of the molecule is CCCn1cc(CCN2CC=C(c3c[nH]c4ccc(OCc5ccccc5)cc34)CC2)cn1. The van der Waals surface area contributed by atoms with Gasteiger partial charge in [-0.1, -0.05) is 43.3 Å². The third-order valence-electron chi connectivity index (χ3n) is 6.40. The van der Waals surface area contributed by atoms with Gasteiger partial charge in [-0.25, -0.2) is 0 Å². The zero-order chi connectivity index (χ0) is 22.5. The second-order valence-corrected chi connectivity index (χ2v) is 8.83. The number of nitrogens with zero attached hydrogens (tertiary/aromatic N) is 3. The number of aryl methyl sites for hydroxylation is 1. The molecule has 0 atom stereocenters. The molecule has 0 bridgehead atoms. The van der Waals surface area contributed by atoms with Crippen LogP contribution in [0, 0.1) is 0 Å². The number of fused-ring (bicyclic) bond motifs is 1. The summed E-state index contributed by atoms with van der Waals surface area (Å²) in [5, 5.41) is 5.69. The molecular weight excluding hydrogens is 408 g/mol. The van der Waals surface area contributed by atoms with E-state index >= 15 is 0 Å². The molecule has 0 amide bonds. The Kier molecular flexibility index (Phi) is 6.58. The smallest absolute Gasteiger partial charge is 0.120 e. The second-order valence-electron chi connectivity index (χ2n) is 8.83. The molecule has 5 rings (SSSR count). The van der Waals surface area contributed by atoms with Gasteiger partial charge >= 0.3 is 0 Å². The largest absolute Gasteiger partial charge is 0.489 e. The van der Waals surface area contributed by atoms with Crippen LogP contribution in [-0.2, 0) is 19.6 Å². The molecule has 0 aliphatic carbocycles. The number of ether oxygens (including phenoxy) is 1. The number of hydrogen-bond acceptors (Lipinski definition) is 3. The predicted octanol–water partition coefficient (Wildman–Crippen LogP) is 5.69. The molecule has 0 saturated heterocycles. The summed E-state index contributed by atoms with van der Waals surface area (Å²) >= 11 is 0. The number of benzene rings is 2. The summed E-state index contributed by atoms with van der Waals surface area (Å²) in [6.45, 7) is 6.93. The summed E-state index contributed by atoms with van der Waals surface area (Å²) in [4.78, 5) is 5.97. The molecule has 33 heavy (non-hydrogen) atoms. The first-order valence-corrected chi connectivity index (χ1v) is 12.0. The highest BCUT2D eigenvalue weighted by molar-refractivity contribution is 5.93. The lowest BCUT2D eigenvalue weighted by atomic mass is 9.98. The van der Waals surface area contributed by atoms with Gasteiger partial charge in [0.1, 0.15) is 12.4 Å². The monoisotopic (exact) mass is 440 g/mol. The van der Waals surface area contributed by atoms with Crippen molar-refractivity contribution in [2.75, 3.05) is 19.6 Å². The number of H-pyrrole nitrogens is 1. The number of rotatable bonds is 9. The Morgan fingerprint density at radius 2 is 1.97 bits per heavy atom. The zero-order valence-corrected chi connectivity index (χ0v) is 19.3. The summed E-state index contributed by atoms with van der Waals surface area (Å²) in [6, 6.07) is 16.6. The standard InChI is InChI=1S/C28H32N4O/c1-2-13-32-20-23(18-30-32)10-14-31-15-11-24(12-16-31)27-19-29-28-9-8-25(17-26(27)28)33-21-22-6-4-3-5-7-22/h3-9,11,17-20,29H,2,10,12-16,21H2,1H3. The van der Waals surface area contributed by atoms with Gasteiger partial charge in [0.2, 0.25) is 0 Å². The fourth-order valence-electron chi connectivity index (χ4n) is 4.53. The van der Waals surface area contributed by atoms with Crippen LogP contribution in [0.25, 0.3) is 16.5 Å². The van der Waals surface area contributed by atoms with Crippen molar-refractivity contribution in [3.63, 3.8) is 0 Å². The lowest BCUT2D eigenvalue weighted by molar-refractivity contribution is 0.305. The molecule has 0 radical (unpaired) electrons. The van der Waals surface area contributed by atoms with E-state index in [1.165, 1.54) is 27.6 Å². The Labute approximate surface area is 195 Å². The van der Waals surface area contributed by atoms with Crippen LogP contribution < -0.4 is 4.74 Å². The maximum Gasteiger partial charge on any atom is 0.120 e. The van der Waals surface area contributed by atoms with E-state index in [0.29, 0.717) is 6.61 Å². The normalized spacial score (nSPS) is 14.5. The van der Waals surface area contributed by atoms with E-state index in [1.807, 2.05) is 30.5 Å². The molecular formula is C28H32N4O. The summed E-state index contributed by atoms with van der Waals surface area (Å²) in [5.41, 5.74) is 6.39. The maximum atomic E-state index is 6.07. The highest BCUT2D eigenvalue weighted by atomic mass is 16.5. The number of hydrogen-bond donors (Lipinski definition) is 1. The summed E-state index contributed by atoms with van der Waals surface area (Å²) in [7, 11) is 0. The molecule has 1 aliphatic rings. The molecule has 0 unspecified atom stereocenters. The van der Waals surface area contributed by atoms with E-state index < -0.39 is 0 Å². The van der Waals surface area contributed by atoms with Gasteiger partial charge in [0.15, 0.2) is 0 Å². The van der Waals surface area contributed by atoms with Gasteiger partial charge < -0.3 is 9.72 Å². The molecule has 3 heterocycles. The fraction of sp³-hybridized carbons (Fsp3) is 0.321. The molecule has 1 aliphatic heterocycles. The minimum absolute atomic E-state index is 0.584. The van der Waals surface area contributed by atoms with Crippen molar-refractivity contribution < 1.29 is 4.74 Å². The molecule has 2 aromatic carbocycles. The van der Waals surface area contributed by atoms with Crippen molar-refractivity contribution in [3.8, 4) is 5.75 Å². The number of nitrogens with one attached hydrogen (secondary N) is 1. The lowest BCUT2D eigenvalue weighted by Gasteiger charge is -2.26. The van der Waals surface area contributed by atoms with Gasteiger partial charge in [-0.3, -0.25) is 9.58 Å². The van der Waals surface area contributed by atoms with Crippen molar-refractivity contribution in [1.82, 2.24) is 19.7 Å². The van der Waals surface area contributed by atoms with Crippen LogP contribution in [0.4, 0.5) is 0 Å². The third kappa shape index (κ3) is 5.20. The van der Waals surface area contributed by atoms with E-state index in [9.17, 15) is 0 Å². The number of aromatic amines is 1. The zero-order valence-electron chi connectivity index (χ0n) is 19.3. The summed E-state index contributed by atoms with van der Waals surface area (Å²) in [5.74, 6) is 0.911. The van der Waals surface area contributed by atoms with Crippen LogP contribution >= 0.6 is 0 Å². The van der Waals surface area contributed by atoms with E-state index in [0.717, 1.165) is 56.7 Å². The van der Waals surface area contributed by atoms with E-state index in [4.69, 9.17) is 4.74 Å². The Bertz CT molecular complexity index is 1220. The average Bonchev–Trinajstić information content (AvgIpc) is 3.49. The van der Waals surface area contributed by atoms with Crippen LogP contribution in [0.3, 0.4) is 0 Å². The Hall–Kier alpha value is -3.31. The molecule has 5 nitrogen and oxygen atoms in total. The van der Waals surface area contributed by atoms with Crippen LogP contribution in [0.5, 0.6) is 5.75 Å². The molecule has 4 aromatic rings. The van der Waals surface area contributed by atoms with Gasteiger partial charge in [-0.05, 0) is 54.2 Å². The van der Waals surface area contributed by atoms with Crippen molar-refractivity contribution in [1.29, 1.82) is 0 Å². The Morgan fingerprint density at radius 3 is 2.79 bits per heavy atom. The molecule has 0 saturated carbocycles. The third-order valence-corrected chi connectivity index (χ3v) is 6.40. The minimum Gasteiger partial charge on any atom is -0.489 e. The minimum atomic E-state index is 0.584. The number of aromatic nitrogens is 3. The van der Waals surface area contributed by atoms with Gasteiger partial charge in [-0.2, -0.15) is 5.10 Å². The summed E-state index contributed by atoms with van der Waals surface area (Å²) < 4.78 is 8.13. The van der Waals surface area contributed by atoms with Crippen LogP contribution in [-0.4, -0.2) is 39.3 Å². The van der Waals surface area contributed by atoms with Crippen molar-refractivity contribution in [3.05, 3.63) is 89.9 Å². The average molecular weight is 441 g/mol. The first-order chi connectivity index (χ1) is 16.3. The first kappa shape index (κ1) is 21.5. The quantitative estimate of drug-likeness (QED) is 0.364. The predicted molar refractivity (Wildman–Crippen MR) is 134 cm³/mol. The molecule has 5 heteroatoms. The highest BCUT2D eigenvalue weighted by Gasteiger charge is 2.16. The maximum absolute atomic E-state index is 6.07. The Balaban J connectivity index is 1.22. The fourth-order valence-corrected chi connectivity index (χ4v) is 4.53. The topological polar surface area (TPSA) is 46.1 Å². The van der Waals surface area contributed by atoms with Gasteiger partial charge in [0.25, 0.3) is 0 Å². The Morgan fingerprint density at radius 1 is 1.06 bits per heavy atom. The highest BCUT2D eigenvalue weighted by Crippen LogP contribution is 2.31. The molecule has 0 fully saturated rings. The van der Waals surface area contributed by atoms with Crippen molar-refractivity contribution in [2.24, 2.45) is 0 Å². The van der Waals surface area contributed by atoms with Crippen LogP contribution in [0.15, 0.2) is 73.2 Å².